The van der Waals surface area contributed by atoms with E-state index in [9.17, 15) is 0 Å². The molecule has 1 nitrogen and oxygen atoms in total. The number of hydrogen-bond acceptors (Lipinski definition) is 0. The van der Waals surface area contributed by atoms with Gasteiger partial charge in [-0.1, -0.05) is 29.8 Å². The monoisotopic (exact) mass is 224 g/mol. The molecule has 0 saturated heterocycles. The van der Waals surface area contributed by atoms with Crippen LogP contribution in [0.25, 0.3) is 0 Å². The van der Waals surface area contributed by atoms with Gasteiger partial charge in [0.15, 0.2) is 0 Å². The van der Waals surface area contributed by atoms with Crippen molar-refractivity contribution >= 4 is 21.6 Å². The lowest BCUT2D eigenvalue weighted by molar-refractivity contribution is 0.547. The third-order valence-electron chi connectivity index (χ3n) is 2.33. The predicted octanol–water partition coefficient (Wildman–Crippen LogP) is 2.98. The Kier molecular flexibility index (Phi) is 1.69. The SMILES string of the molecule is CC1(C)C[N]c2ccc(Br)cc21. The van der Waals surface area contributed by atoms with Gasteiger partial charge in [0.25, 0.3) is 0 Å². The minimum absolute atomic E-state index is 0.221. The van der Waals surface area contributed by atoms with E-state index < -0.39 is 0 Å². The summed E-state index contributed by atoms with van der Waals surface area (Å²) in [6, 6.07) is 6.30. The van der Waals surface area contributed by atoms with E-state index >= 15 is 0 Å². The van der Waals surface area contributed by atoms with E-state index in [-0.39, 0.29) is 5.41 Å². The number of benzene rings is 1. The Labute approximate surface area is 81.3 Å². The maximum atomic E-state index is 4.47. The van der Waals surface area contributed by atoms with Gasteiger partial charge in [-0.2, -0.15) is 0 Å². The van der Waals surface area contributed by atoms with Gasteiger partial charge in [-0.25, -0.2) is 0 Å². The van der Waals surface area contributed by atoms with E-state index in [4.69, 9.17) is 0 Å². The van der Waals surface area contributed by atoms with Crippen LogP contribution in [-0.4, -0.2) is 6.54 Å². The number of nitrogens with zero attached hydrogens (tertiary/aromatic N) is 1. The van der Waals surface area contributed by atoms with Gasteiger partial charge < -0.3 is 0 Å². The molecule has 0 aromatic heterocycles. The van der Waals surface area contributed by atoms with Crippen molar-refractivity contribution in [2.45, 2.75) is 19.3 Å². The topological polar surface area (TPSA) is 14.1 Å². The van der Waals surface area contributed by atoms with Crippen molar-refractivity contribution in [3.63, 3.8) is 0 Å². The van der Waals surface area contributed by atoms with Crippen molar-refractivity contribution in [2.24, 2.45) is 0 Å². The number of fused-ring (bicyclic) bond motifs is 1. The zero-order valence-electron chi connectivity index (χ0n) is 7.26. The van der Waals surface area contributed by atoms with Crippen molar-refractivity contribution in [3.05, 3.63) is 28.2 Å². The molecule has 1 heterocycles. The molecule has 0 fully saturated rings. The quantitative estimate of drug-likeness (QED) is 0.644. The van der Waals surface area contributed by atoms with E-state index in [1.54, 1.807) is 0 Å². The average Bonchev–Trinajstić information content (AvgIpc) is 2.28. The van der Waals surface area contributed by atoms with Crippen molar-refractivity contribution < 1.29 is 0 Å². The second kappa shape index (κ2) is 2.49. The Hall–Kier alpha value is -0.500. The summed E-state index contributed by atoms with van der Waals surface area (Å²) in [7, 11) is 0. The highest BCUT2D eigenvalue weighted by molar-refractivity contribution is 9.10. The van der Waals surface area contributed by atoms with Gasteiger partial charge in [-0.05, 0) is 23.8 Å². The first kappa shape index (κ1) is 8.11. The average molecular weight is 225 g/mol. The van der Waals surface area contributed by atoms with Crippen molar-refractivity contribution in [1.29, 1.82) is 0 Å². The third-order valence-corrected chi connectivity index (χ3v) is 2.83. The summed E-state index contributed by atoms with van der Waals surface area (Å²) < 4.78 is 1.14. The standard InChI is InChI=1S/C10H11BrN/c1-10(2)6-12-9-4-3-7(11)5-8(9)10/h3-5H,6H2,1-2H3. The summed E-state index contributed by atoms with van der Waals surface area (Å²) in [5, 5.41) is 4.47. The molecule has 0 aliphatic carbocycles. The van der Waals surface area contributed by atoms with Crippen LogP contribution in [0.5, 0.6) is 0 Å². The molecule has 0 bridgehead atoms. The van der Waals surface area contributed by atoms with E-state index in [0.29, 0.717) is 0 Å². The van der Waals surface area contributed by atoms with Crippen LogP contribution in [0, 0.1) is 0 Å². The summed E-state index contributed by atoms with van der Waals surface area (Å²) >= 11 is 3.47. The molecule has 0 amide bonds. The molecule has 1 aromatic rings. The first-order valence-corrected chi connectivity index (χ1v) is 4.86. The van der Waals surface area contributed by atoms with E-state index in [0.717, 1.165) is 16.7 Å². The normalized spacial score (nSPS) is 18.6. The molecule has 2 rings (SSSR count). The summed E-state index contributed by atoms with van der Waals surface area (Å²) in [6.45, 7) is 5.38. The molecule has 0 atom stereocenters. The van der Waals surface area contributed by atoms with Crippen molar-refractivity contribution in [1.82, 2.24) is 5.32 Å². The molecule has 1 aliphatic rings. The molecule has 1 radical (unpaired) electrons. The summed E-state index contributed by atoms with van der Waals surface area (Å²) in [4.78, 5) is 0. The van der Waals surface area contributed by atoms with Crippen LogP contribution in [0.4, 0.5) is 5.69 Å². The molecule has 63 valence electrons. The molecule has 1 aromatic carbocycles. The lowest BCUT2D eigenvalue weighted by Crippen LogP contribution is -2.18. The van der Waals surface area contributed by atoms with Gasteiger partial charge in [0, 0.05) is 16.4 Å². The van der Waals surface area contributed by atoms with Crippen LogP contribution >= 0.6 is 15.9 Å². The fraction of sp³-hybridized carbons (Fsp3) is 0.400. The smallest absolute Gasteiger partial charge is 0.0613 e. The van der Waals surface area contributed by atoms with E-state index in [1.807, 2.05) is 6.07 Å². The Morgan fingerprint density at radius 1 is 1.42 bits per heavy atom. The van der Waals surface area contributed by atoms with Crippen molar-refractivity contribution in [2.75, 3.05) is 6.54 Å². The molecule has 0 spiro atoms. The van der Waals surface area contributed by atoms with E-state index in [1.165, 1.54) is 5.56 Å². The van der Waals surface area contributed by atoms with Crippen LogP contribution in [0.2, 0.25) is 0 Å². The first-order chi connectivity index (χ1) is 5.59. The van der Waals surface area contributed by atoms with Gasteiger partial charge in [0.2, 0.25) is 0 Å². The lowest BCUT2D eigenvalue weighted by atomic mass is 9.87. The van der Waals surface area contributed by atoms with E-state index in [2.05, 4.69) is 47.2 Å². The minimum Gasteiger partial charge on any atom is -0.284 e. The Balaban J connectivity index is 2.57. The maximum Gasteiger partial charge on any atom is 0.0613 e. The molecule has 12 heavy (non-hydrogen) atoms. The summed E-state index contributed by atoms with van der Waals surface area (Å²) in [6.07, 6.45) is 0. The van der Waals surface area contributed by atoms with Crippen LogP contribution in [0.15, 0.2) is 22.7 Å². The molecule has 2 heteroatoms. The van der Waals surface area contributed by atoms with Gasteiger partial charge in [-0.3, -0.25) is 5.32 Å². The molecule has 1 aliphatic heterocycles. The maximum absolute atomic E-state index is 4.47. The fourth-order valence-electron chi connectivity index (χ4n) is 1.56. The zero-order chi connectivity index (χ0) is 8.77. The predicted molar refractivity (Wildman–Crippen MR) is 53.8 cm³/mol. The molecule has 0 unspecified atom stereocenters. The number of rotatable bonds is 0. The number of halogens is 1. The Bertz CT molecular complexity index is 318. The Morgan fingerprint density at radius 3 is 2.92 bits per heavy atom. The highest BCUT2D eigenvalue weighted by Crippen LogP contribution is 2.37. The number of hydrogen-bond donors (Lipinski definition) is 0. The van der Waals surface area contributed by atoms with Gasteiger partial charge >= 0.3 is 0 Å². The molecule has 0 saturated carbocycles. The van der Waals surface area contributed by atoms with Crippen molar-refractivity contribution in [3.8, 4) is 0 Å². The summed E-state index contributed by atoms with van der Waals surface area (Å²) in [5.74, 6) is 0. The van der Waals surface area contributed by atoms with Crippen LogP contribution in [-0.2, 0) is 5.41 Å². The second-order valence-electron chi connectivity index (χ2n) is 3.86. The second-order valence-corrected chi connectivity index (χ2v) is 4.78. The molecular weight excluding hydrogens is 214 g/mol. The highest BCUT2D eigenvalue weighted by atomic mass is 79.9. The summed E-state index contributed by atoms with van der Waals surface area (Å²) in [5.41, 5.74) is 2.74. The zero-order valence-corrected chi connectivity index (χ0v) is 8.85. The van der Waals surface area contributed by atoms with Gasteiger partial charge in [0.1, 0.15) is 0 Å². The molecular formula is C10H11BrN. The largest absolute Gasteiger partial charge is 0.284 e. The minimum atomic E-state index is 0.221. The first-order valence-electron chi connectivity index (χ1n) is 4.07. The van der Waals surface area contributed by atoms with Crippen LogP contribution in [0.1, 0.15) is 19.4 Å². The van der Waals surface area contributed by atoms with Crippen LogP contribution in [0.3, 0.4) is 0 Å². The van der Waals surface area contributed by atoms with Crippen LogP contribution < -0.4 is 5.32 Å². The van der Waals surface area contributed by atoms with Gasteiger partial charge in [-0.15, -0.1) is 0 Å². The Morgan fingerprint density at radius 2 is 2.17 bits per heavy atom. The highest BCUT2D eigenvalue weighted by Gasteiger charge is 2.30. The third kappa shape index (κ3) is 1.14. The fourth-order valence-corrected chi connectivity index (χ4v) is 1.92. The molecule has 0 N–H and O–H groups in total. The lowest BCUT2D eigenvalue weighted by Gasteiger charge is -2.16. The van der Waals surface area contributed by atoms with Gasteiger partial charge in [0.05, 0.1) is 5.69 Å².